The average molecular weight is 277 g/mol. The molecular formula is C13H12FN3OS. The Morgan fingerprint density at radius 1 is 1.42 bits per heavy atom. The summed E-state index contributed by atoms with van der Waals surface area (Å²) in [5.41, 5.74) is 1.55. The Balaban J connectivity index is 1.96. The molecule has 1 aliphatic heterocycles. The second-order valence-corrected chi connectivity index (χ2v) is 5.43. The normalized spacial score (nSPS) is 18.6. The Morgan fingerprint density at radius 2 is 2.16 bits per heavy atom. The minimum atomic E-state index is -0.264. The summed E-state index contributed by atoms with van der Waals surface area (Å²) in [6.07, 6.45) is 1.58. The first-order chi connectivity index (χ1) is 9.15. The number of hydrogen-bond acceptors (Lipinski definition) is 4. The van der Waals surface area contributed by atoms with E-state index in [0.717, 1.165) is 5.56 Å². The summed E-state index contributed by atoms with van der Waals surface area (Å²) in [5.74, 6) is 0.891. The molecule has 0 unspecified atom stereocenters. The number of hydrogen-bond donors (Lipinski definition) is 1. The molecule has 1 aromatic carbocycles. The molecule has 2 aromatic rings. The molecule has 0 fully saturated rings. The van der Waals surface area contributed by atoms with Crippen molar-refractivity contribution in [2.75, 3.05) is 11.1 Å². The standard InChI is InChI=1S/C13H12FN3OS/c1-17-12-10(6-15-17)11(18)7-19-13(16-12)8-2-4-9(14)5-3-8/h2-6,13,16H,7H2,1H3/t13-/m0/s1. The van der Waals surface area contributed by atoms with Gasteiger partial charge in [0.15, 0.2) is 5.78 Å². The molecule has 19 heavy (non-hydrogen) atoms. The number of nitrogens with one attached hydrogen (secondary N) is 1. The van der Waals surface area contributed by atoms with Gasteiger partial charge in [0.1, 0.15) is 11.6 Å². The number of fused-ring (bicyclic) bond motifs is 1. The minimum Gasteiger partial charge on any atom is -0.354 e. The molecule has 1 atom stereocenters. The van der Waals surface area contributed by atoms with Gasteiger partial charge in [0.05, 0.1) is 22.9 Å². The molecule has 0 bridgehead atoms. The molecule has 0 spiro atoms. The van der Waals surface area contributed by atoms with Gasteiger partial charge >= 0.3 is 0 Å². The van der Waals surface area contributed by atoms with Crippen LogP contribution in [0.5, 0.6) is 0 Å². The first-order valence-corrected chi connectivity index (χ1v) is 6.89. The number of anilines is 1. The highest BCUT2D eigenvalue weighted by atomic mass is 32.2. The van der Waals surface area contributed by atoms with E-state index >= 15 is 0 Å². The molecule has 98 valence electrons. The maximum absolute atomic E-state index is 13.0. The zero-order valence-electron chi connectivity index (χ0n) is 10.3. The predicted molar refractivity (Wildman–Crippen MR) is 72.8 cm³/mol. The summed E-state index contributed by atoms with van der Waals surface area (Å²) in [6.45, 7) is 0. The first kappa shape index (κ1) is 12.2. The van der Waals surface area contributed by atoms with Crippen LogP contribution >= 0.6 is 11.8 Å². The largest absolute Gasteiger partial charge is 0.354 e. The summed E-state index contributed by atoms with van der Waals surface area (Å²) in [7, 11) is 1.79. The van der Waals surface area contributed by atoms with Gasteiger partial charge in [-0.05, 0) is 17.7 Å². The van der Waals surface area contributed by atoms with E-state index in [-0.39, 0.29) is 17.0 Å². The zero-order chi connectivity index (χ0) is 13.4. The molecule has 0 aliphatic carbocycles. The van der Waals surface area contributed by atoms with E-state index in [9.17, 15) is 9.18 Å². The highest BCUT2D eigenvalue weighted by Gasteiger charge is 2.25. The van der Waals surface area contributed by atoms with Crippen molar-refractivity contribution in [2.24, 2.45) is 7.05 Å². The van der Waals surface area contributed by atoms with Gasteiger partial charge in [0.25, 0.3) is 0 Å². The molecular weight excluding hydrogens is 265 g/mol. The van der Waals surface area contributed by atoms with E-state index in [2.05, 4.69) is 10.4 Å². The van der Waals surface area contributed by atoms with Crippen molar-refractivity contribution in [1.82, 2.24) is 9.78 Å². The molecule has 0 saturated heterocycles. The lowest BCUT2D eigenvalue weighted by Gasteiger charge is -2.17. The molecule has 4 nitrogen and oxygen atoms in total. The van der Waals surface area contributed by atoms with Crippen LogP contribution in [-0.2, 0) is 7.05 Å². The van der Waals surface area contributed by atoms with Crippen LogP contribution in [0.1, 0.15) is 21.3 Å². The lowest BCUT2D eigenvalue weighted by molar-refractivity contribution is 0.102. The molecule has 2 heterocycles. The zero-order valence-corrected chi connectivity index (χ0v) is 11.1. The number of nitrogens with zero attached hydrogens (tertiary/aromatic N) is 2. The third-order valence-corrected chi connectivity index (χ3v) is 4.21. The van der Waals surface area contributed by atoms with Gasteiger partial charge < -0.3 is 5.32 Å². The van der Waals surface area contributed by atoms with Crippen molar-refractivity contribution >= 4 is 23.4 Å². The fourth-order valence-corrected chi connectivity index (χ4v) is 3.05. The lowest BCUT2D eigenvalue weighted by atomic mass is 10.2. The number of halogens is 1. The number of aromatic nitrogens is 2. The third-order valence-electron chi connectivity index (χ3n) is 3.06. The van der Waals surface area contributed by atoms with Crippen molar-refractivity contribution in [1.29, 1.82) is 0 Å². The van der Waals surface area contributed by atoms with Crippen molar-refractivity contribution in [2.45, 2.75) is 5.37 Å². The van der Waals surface area contributed by atoms with Crippen molar-refractivity contribution in [3.8, 4) is 0 Å². The molecule has 1 aliphatic rings. The third kappa shape index (κ3) is 2.23. The monoisotopic (exact) mass is 277 g/mol. The van der Waals surface area contributed by atoms with Crippen LogP contribution in [-0.4, -0.2) is 21.3 Å². The van der Waals surface area contributed by atoms with E-state index in [1.807, 2.05) is 0 Å². The smallest absolute Gasteiger partial charge is 0.178 e. The molecule has 0 amide bonds. The fraction of sp³-hybridized carbons (Fsp3) is 0.231. The second kappa shape index (κ2) is 4.70. The minimum absolute atomic E-state index is 0.0604. The van der Waals surface area contributed by atoms with E-state index in [0.29, 0.717) is 17.1 Å². The Bertz CT molecular complexity index is 623. The SMILES string of the molecule is Cn1ncc2c1N[C@H](c1ccc(F)cc1)SCC2=O. The summed E-state index contributed by atoms with van der Waals surface area (Å²) in [5, 5.41) is 7.31. The fourth-order valence-electron chi connectivity index (χ4n) is 2.03. The van der Waals surface area contributed by atoms with Gasteiger partial charge in [-0.1, -0.05) is 12.1 Å². The Kier molecular flexibility index (Phi) is 3.02. The maximum Gasteiger partial charge on any atom is 0.178 e. The molecule has 3 rings (SSSR count). The van der Waals surface area contributed by atoms with Crippen LogP contribution in [0.2, 0.25) is 0 Å². The van der Waals surface area contributed by atoms with Gasteiger partial charge in [-0.2, -0.15) is 5.10 Å². The summed E-state index contributed by atoms with van der Waals surface area (Å²) >= 11 is 1.50. The van der Waals surface area contributed by atoms with E-state index in [4.69, 9.17) is 0 Å². The molecule has 6 heteroatoms. The first-order valence-electron chi connectivity index (χ1n) is 5.84. The van der Waals surface area contributed by atoms with E-state index < -0.39 is 0 Å². The molecule has 0 saturated carbocycles. The predicted octanol–water partition coefficient (Wildman–Crippen LogP) is 2.60. The lowest BCUT2D eigenvalue weighted by Crippen LogP contribution is -2.10. The molecule has 0 radical (unpaired) electrons. The van der Waals surface area contributed by atoms with Crippen molar-refractivity contribution in [3.05, 3.63) is 47.4 Å². The van der Waals surface area contributed by atoms with Crippen LogP contribution < -0.4 is 5.32 Å². The molecule has 1 N–H and O–H groups in total. The number of carbonyl (C=O) groups is 1. The van der Waals surface area contributed by atoms with E-state index in [1.165, 1.54) is 23.9 Å². The summed E-state index contributed by atoms with van der Waals surface area (Å²) in [6, 6.07) is 6.31. The van der Waals surface area contributed by atoms with Crippen LogP contribution in [0.25, 0.3) is 0 Å². The van der Waals surface area contributed by atoms with Crippen LogP contribution in [0, 0.1) is 5.82 Å². The van der Waals surface area contributed by atoms with Crippen LogP contribution in [0.4, 0.5) is 10.2 Å². The van der Waals surface area contributed by atoms with Gasteiger partial charge in [-0.3, -0.25) is 9.48 Å². The number of Topliss-reactive ketones (excluding diaryl/α,β-unsaturated/α-hetero) is 1. The van der Waals surface area contributed by atoms with Crippen LogP contribution in [0.15, 0.2) is 30.5 Å². The van der Waals surface area contributed by atoms with Gasteiger partial charge in [0, 0.05) is 7.05 Å². The quantitative estimate of drug-likeness (QED) is 0.870. The van der Waals surface area contributed by atoms with Crippen LogP contribution in [0.3, 0.4) is 0 Å². The number of thioether (sulfide) groups is 1. The topological polar surface area (TPSA) is 46.9 Å². The maximum atomic E-state index is 13.0. The number of aryl methyl sites for hydroxylation is 1. The van der Waals surface area contributed by atoms with Crippen molar-refractivity contribution < 1.29 is 9.18 Å². The number of benzene rings is 1. The Morgan fingerprint density at radius 3 is 2.89 bits per heavy atom. The Hall–Kier alpha value is -1.82. The van der Waals surface area contributed by atoms with Crippen molar-refractivity contribution in [3.63, 3.8) is 0 Å². The highest BCUT2D eigenvalue weighted by molar-refractivity contribution is 8.00. The number of carbonyl (C=O) groups excluding carboxylic acids is 1. The average Bonchev–Trinajstić information content (AvgIpc) is 2.67. The second-order valence-electron chi connectivity index (χ2n) is 4.34. The Labute approximate surface area is 114 Å². The van der Waals surface area contributed by atoms with E-state index in [1.54, 1.807) is 30.1 Å². The van der Waals surface area contributed by atoms with Gasteiger partial charge in [0.2, 0.25) is 0 Å². The highest BCUT2D eigenvalue weighted by Crippen LogP contribution is 2.35. The summed E-state index contributed by atoms with van der Waals surface area (Å²) in [4.78, 5) is 12.0. The molecule has 1 aromatic heterocycles. The number of ketones is 1. The number of rotatable bonds is 1. The van der Waals surface area contributed by atoms with Gasteiger partial charge in [-0.25, -0.2) is 4.39 Å². The van der Waals surface area contributed by atoms with Gasteiger partial charge in [-0.15, -0.1) is 11.8 Å². The summed E-state index contributed by atoms with van der Waals surface area (Å²) < 4.78 is 14.6.